The van der Waals surface area contributed by atoms with Gasteiger partial charge in [0.2, 0.25) is 5.91 Å². The SMILES string of the molecule is O=C(CN1C(=O)N[C@]2(CCCc3ccccc32)C1=O)Nc1ccccc1Cl. The number of para-hydroxylation sites is 1. The van der Waals surface area contributed by atoms with E-state index in [9.17, 15) is 14.4 Å². The maximum atomic E-state index is 13.1. The number of halogens is 1. The maximum Gasteiger partial charge on any atom is 0.325 e. The fourth-order valence-corrected chi connectivity index (χ4v) is 4.03. The zero-order chi connectivity index (χ0) is 19.0. The van der Waals surface area contributed by atoms with Gasteiger partial charge in [-0.25, -0.2) is 4.79 Å². The highest BCUT2D eigenvalue weighted by Gasteiger charge is 2.54. The van der Waals surface area contributed by atoms with Crippen LogP contribution in [-0.4, -0.2) is 29.3 Å². The van der Waals surface area contributed by atoms with Crippen LogP contribution in [0.15, 0.2) is 48.5 Å². The Bertz CT molecular complexity index is 946. The molecule has 0 aromatic heterocycles. The lowest BCUT2D eigenvalue weighted by atomic mass is 9.76. The van der Waals surface area contributed by atoms with Crippen LogP contribution in [0.1, 0.15) is 24.0 Å². The molecule has 1 saturated heterocycles. The van der Waals surface area contributed by atoms with Crippen molar-refractivity contribution in [1.29, 1.82) is 0 Å². The molecule has 138 valence electrons. The van der Waals surface area contributed by atoms with Gasteiger partial charge in [-0.3, -0.25) is 14.5 Å². The number of aryl methyl sites for hydroxylation is 1. The Morgan fingerprint density at radius 3 is 2.70 bits per heavy atom. The molecule has 2 N–H and O–H groups in total. The van der Waals surface area contributed by atoms with Crippen molar-refractivity contribution in [2.75, 3.05) is 11.9 Å². The molecule has 27 heavy (non-hydrogen) atoms. The number of imide groups is 1. The second kappa shape index (κ2) is 6.70. The summed E-state index contributed by atoms with van der Waals surface area (Å²) < 4.78 is 0. The third-order valence-corrected chi connectivity index (χ3v) is 5.43. The van der Waals surface area contributed by atoms with E-state index in [1.54, 1.807) is 24.3 Å². The number of urea groups is 1. The summed E-state index contributed by atoms with van der Waals surface area (Å²) in [4.78, 5) is 39.0. The van der Waals surface area contributed by atoms with Gasteiger partial charge in [-0.2, -0.15) is 0 Å². The summed E-state index contributed by atoms with van der Waals surface area (Å²) in [7, 11) is 0. The highest BCUT2D eigenvalue weighted by Crippen LogP contribution is 2.39. The Morgan fingerprint density at radius 1 is 1.15 bits per heavy atom. The number of amides is 4. The van der Waals surface area contributed by atoms with E-state index < -0.39 is 17.5 Å². The quantitative estimate of drug-likeness (QED) is 0.799. The van der Waals surface area contributed by atoms with Gasteiger partial charge in [0, 0.05) is 0 Å². The molecule has 1 aliphatic heterocycles. The summed E-state index contributed by atoms with van der Waals surface area (Å²) in [5.41, 5.74) is 1.24. The van der Waals surface area contributed by atoms with Crippen LogP contribution < -0.4 is 10.6 Å². The molecule has 2 aliphatic rings. The van der Waals surface area contributed by atoms with Crippen molar-refractivity contribution in [2.45, 2.75) is 24.8 Å². The predicted octanol–water partition coefficient (Wildman–Crippen LogP) is 3.06. The highest BCUT2D eigenvalue weighted by atomic mass is 35.5. The standard InChI is InChI=1S/C20H18ClN3O3/c21-15-9-3-4-10-16(15)22-17(25)12-24-18(26)20(23-19(24)27)11-5-7-13-6-1-2-8-14(13)20/h1-4,6,8-10H,5,7,11-12H2,(H,22,25)(H,23,27)/t20-/m0/s1. The second-order valence-electron chi connectivity index (χ2n) is 6.77. The van der Waals surface area contributed by atoms with Gasteiger partial charge in [0.25, 0.3) is 5.91 Å². The lowest BCUT2D eigenvalue weighted by Gasteiger charge is -2.33. The van der Waals surface area contributed by atoms with Crippen LogP contribution in [0.4, 0.5) is 10.5 Å². The number of hydrogen-bond donors (Lipinski definition) is 2. The first-order chi connectivity index (χ1) is 13.0. The van der Waals surface area contributed by atoms with Gasteiger partial charge in [-0.05, 0) is 42.5 Å². The maximum absolute atomic E-state index is 13.1. The van der Waals surface area contributed by atoms with Crippen molar-refractivity contribution in [3.63, 3.8) is 0 Å². The molecule has 0 bridgehead atoms. The first kappa shape index (κ1) is 17.5. The van der Waals surface area contributed by atoms with Crippen LogP contribution in [0.5, 0.6) is 0 Å². The molecule has 0 unspecified atom stereocenters. The van der Waals surface area contributed by atoms with Crippen molar-refractivity contribution in [3.05, 3.63) is 64.7 Å². The second-order valence-corrected chi connectivity index (χ2v) is 7.17. The molecule has 2 aromatic carbocycles. The van der Waals surface area contributed by atoms with Gasteiger partial charge in [0.15, 0.2) is 0 Å². The zero-order valence-electron chi connectivity index (χ0n) is 14.5. The number of carbonyl (C=O) groups is 3. The number of anilines is 1. The van der Waals surface area contributed by atoms with Crippen LogP contribution in [-0.2, 0) is 21.5 Å². The Labute approximate surface area is 161 Å². The van der Waals surface area contributed by atoms with Gasteiger partial charge in [-0.15, -0.1) is 0 Å². The van der Waals surface area contributed by atoms with E-state index in [0.29, 0.717) is 17.1 Å². The molecule has 0 saturated carbocycles. The summed E-state index contributed by atoms with van der Waals surface area (Å²) in [5, 5.41) is 5.87. The molecule has 4 rings (SSSR count). The minimum Gasteiger partial charge on any atom is -0.323 e. The summed E-state index contributed by atoms with van der Waals surface area (Å²) in [6.45, 7) is -0.361. The Balaban J connectivity index is 1.56. The van der Waals surface area contributed by atoms with E-state index in [0.717, 1.165) is 28.9 Å². The smallest absolute Gasteiger partial charge is 0.323 e. The average Bonchev–Trinajstić information content (AvgIpc) is 2.89. The fourth-order valence-electron chi connectivity index (χ4n) is 3.85. The molecule has 1 heterocycles. The number of rotatable bonds is 3. The van der Waals surface area contributed by atoms with E-state index in [2.05, 4.69) is 10.6 Å². The number of benzene rings is 2. The molecule has 6 nitrogen and oxygen atoms in total. The van der Waals surface area contributed by atoms with E-state index in [4.69, 9.17) is 11.6 Å². The Hall–Kier alpha value is -2.86. The highest BCUT2D eigenvalue weighted by molar-refractivity contribution is 6.33. The number of hydrogen-bond acceptors (Lipinski definition) is 3. The molecule has 2 aromatic rings. The van der Waals surface area contributed by atoms with E-state index >= 15 is 0 Å². The van der Waals surface area contributed by atoms with Crippen molar-refractivity contribution in [2.24, 2.45) is 0 Å². The zero-order valence-corrected chi connectivity index (χ0v) is 15.3. The molecule has 1 aliphatic carbocycles. The topological polar surface area (TPSA) is 78.5 Å². The third-order valence-electron chi connectivity index (χ3n) is 5.10. The van der Waals surface area contributed by atoms with Crippen molar-refractivity contribution < 1.29 is 14.4 Å². The molecule has 4 amide bonds. The number of fused-ring (bicyclic) bond motifs is 2. The van der Waals surface area contributed by atoms with Crippen molar-refractivity contribution in [3.8, 4) is 0 Å². The van der Waals surface area contributed by atoms with Crippen molar-refractivity contribution in [1.82, 2.24) is 10.2 Å². The van der Waals surface area contributed by atoms with Crippen LogP contribution >= 0.6 is 11.6 Å². The molecule has 1 atom stereocenters. The van der Waals surface area contributed by atoms with Gasteiger partial charge < -0.3 is 10.6 Å². The van der Waals surface area contributed by atoms with Gasteiger partial charge in [-0.1, -0.05) is 48.0 Å². The Kier molecular flexibility index (Phi) is 4.36. The van der Waals surface area contributed by atoms with Gasteiger partial charge >= 0.3 is 6.03 Å². The lowest BCUT2D eigenvalue weighted by Crippen LogP contribution is -2.47. The largest absolute Gasteiger partial charge is 0.325 e. The van der Waals surface area contributed by atoms with Crippen LogP contribution in [0.2, 0.25) is 5.02 Å². The summed E-state index contributed by atoms with van der Waals surface area (Å²) in [5.74, 6) is -0.860. The van der Waals surface area contributed by atoms with Crippen LogP contribution in [0.3, 0.4) is 0 Å². The van der Waals surface area contributed by atoms with Crippen LogP contribution in [0, 0.1) is 0 Å². The normalized spacial score (nSPS) is 21.1. The fraction of sp³-hybridized carbons (Fsp3) is 0.250. The minimum atomic E-state index is -1.07. The summed E-state index contributed by atoms with van der Waals surface area (Å²) >= 11 is 6.04. The molecular weight excluding hydrogens is 366 g/mol. The third kappa shape index (κ3) is 2.96. The number of carbonyl (C=O) groups excluding carboxylic acids is 3. The molecule has 1 fully saturated rings. The molecule has 1 spiro atoms. The lowest BCUT2D eigenvalue weighted by molar-refractivity contribution is -0.134. The number of nitrogens with one attached hydrogen (secondary N) is 2. The first-order valence-corrected chi connectivity index (χ1v) is 9.16. The van der Waals surface area contributed by atoms with Crippen molar-refractivity contribution >= 4 is 35.1 Å². The monoisotopic (exact) mass is 383 g/mol. The molecule has 0 radical (unpaired) electrons. The van der Waals surface area contributed by atoms with E-state index in [-0.39, 0.29) is 12.5 Å². The Morgan fingerprint density at radius 2 is 1.89 bits per heavy atom. The first-order valence-electron chi connectivity index (χ1n) is 8.78. The summed E-state index contributed by atoms with van der Waals surface area (Å²) in [6.07, 6.45) is 2.19. The van der Waals surface area contributed by atoms with Crippen LogP contribution in [0.25, 0.3) is 0 Å². The predicted molar refractivity (Wildman–Crippen MR) is 101 cm³/mol. The van der Waals surface area contributed by atoms with Gasteiger partial charge in [0.05, 0.1) is 10.7 Å². The van der Waals surface area contributed by atoms with E-state index in [1.807, 2.05) is 24.3 Å². The molecular formula is C20H18ClN3O3. The van der Waals surface area contributed by atoms with E-state index in [1.165, 1.54) is 0 Å². The molecule has 7 heteroatoms. The summed E-state index contributed by atoms with van der Waals surface area (Å²) in [6, 6.07) is 13.9. The minimum absolute atomic E-state index is 0.361. The number of nitrogens with zero attached hydrogens (tertiary/aromatic N) is 1. The average molecular weight is 384 g/mol. The van der Waals surface area contributed by atoms with Gasteiger partial charge in [0.1, 0.15) is 12.1 Å².